The van der Waals surface area contributed by atoms with Crippen LogP contribution in [0, 0.1) is 0 Å². The highest BCUT2D eigenvalue weighted by Crippen LogP contribution is 2.27. The molecular formula is C15H25ClN4O. The van der Waals surface area contributed by atoms with E-state index in [2.05, 4.69) is 16.6 Å². The molecule has 2 aromatic rings. The highest BCUT2D eigenvalue weighted by molar-refractivity contribution is 6.20. The average Bonchev–Trinajstić information content (AvgIpc) is 2.97. The summed E-state index contributed by atoms with van der Waals surface area (Å²) in [7, 11) is 3.72. The fourth-order valence-corrected chi connectivity index (χ4v) is 2.88. The molecule has 0 saturated carbocycles. The Morgan fingerprint density at radius 1 is 1.29 bits per heavy atom. The van der Waals surface area contributed by atoms with Crippen LogP contribution in [0.15, 0.2) is 0 Å². The predicted molar refractivity (Wildman–Crippen MR) is 85.9 cm³/mol. The molecule has 2 heterocycles. The molecule has 1 unspecified atom stereocenters. The van der Waals surface area contributed by atoms with Crippen LogP contribution in [0.25, 0.3) is 11.2 Å². The number of alkyl halides is 1. The van der Waals surface area contributed by atoms with Crippen LogP contribution in [-0.4, -0.2) is 33.0 Å². The SMILES string of the molecule is CCc1nn(C)c2c1nc(C(C)Cl)n2CCCCCOC. The lowest BCUT2D eigenvalue weighted by Crippen LogP contribution is -2.08. The highest BCUT2D eigenvalue weighted by atomic mass is 35.5. The zero-order valence-corrected chi connectivity index (χ0v) is 14.2. The summed E-state index contributed by atoms with van der Waals surface area (Å²) in [5, 5.41) is 4.46. The van der Waals surface area contributed by atoms with Crippen LogP contribution >= 0.6 is 11.6 Å². The van der Waals surface area contributed by atoms with Crippen LogP contribution in [0.3, 0.4) is 0 Å². The first kappa shape index (κ1) is 16.3. The quantitative estimate of drug-likeness (QED) is 0.554. The highest BCUT2D eigenvalue weighted by Gasteiger charge is 2.20. The van der Waals surface area contributed by atoms with E-state index >= 15 is 0 Å². The Balaban J connectivity index is 2.26. The second-order valence-corrected chi connectivity index (χ2v) is 6.04. The minimum atomic E-state index is -0.0962. The van der Waals surface area contributed by atoms with Crippen LogP contribution in [0.5, 0.6) is 0 Å². The van der Waals surface area contributed by atoms with E-state index in [1.54, 1.807) is 7.11 Å². The van der Waals surface area contributed by atoms with E-state index in [0.29, 0.717) is 0 Å². The summed E-state index contributed by atoms with van der Waals surface area (Å²) >= 11 is 6.31. The topological polar surface area (TPSA) is 44.9 Å². The van der Waals surface area contributed by atoms with Gasteiger partial charge < -0.3 is 9.30 Å². The van der Waals surface area contributed by atoms with Crippen molar-refractivity contribution >= 4 is 22.8 Å². The van der Waals surface area contributed by atoms with E-state index in [-0.39, 0.29) is 5.38 Å². The third-order valence-electron chi connectivity index (χ3n) is 3.74. The summed E-state index contributed by atoms with van der Waals surface area (Å²) in [5.74, 6) is 0.945. The second kappa shape index (κ2) is 7.27. The number of aromatic nitrogens is 4. The fourth-order valence-electron chi connectivity index (χ4n) is 2.71. The van der Waals surface area contributed by atoms with E-state index < -0.39 is 0 Å². The lowest BCUT2D eigenvalue weighted by atomic mass is 10.2. The second-order valence-electron chi connectivity index (χ2n) is 5.39. The molecule has 1 atom stereocenters. The molecule has 0 aliphatic heterocycles. The minimum absolute atomic E-state index is 0.0962. The Morgan fingerprint density at radius 3 is 2.67 bits per heavy atom. The maximum absolute atomic E-state index is 6.31. The summed E-state index contributed by atoms with van der Waals surface area (Å²) in [6, 6.07) is 0. The first-order valence-corrected chi connectivity index (χ1v) is 8.08. The number of ether oxygens (including phenoxy) is 1. The lowest BCUT2D eigenvalue weighted by molar-refractivity contribution is 0.191. The van der Waals surface area contributed by atoms with Crippen LogP contribution < -0.4 is 0 Å². The van der Waals surface area contributed by atoms with Gasteiger partial charge in [0.25, 0.3) is 0 Å². The fraction of sp³-hybridized carbons (Fsp3) is 0.733. The molecule has 0 radical (unpaired) electrons. The third kappa shape index (κ3) is 3.40. The maximum Gasteiger partial charge on any atom is 0.158 e. The zero-order valence-electron chi connectivity index (χ0n) is 13.4. The molecule has 0 aromatic carbocycles. The summed E-state index contributed by atoms with van der Waals surface area (Å²) < 4.78 is 9.25. The molecule has 0 fully saturated rings. The number of hydrogen-bond acceptors (Lipinski definition) is 3. The van der Waals surface area contributed by atoms with Gasteiger partial charge in [-0.2, -0.15) is 5.10 Å². The third-order valence-corrected chi connectivity index (χ3v) is 3.94. The van der Waals surface area contributed by atoms with Gasteiger partial charge >= 0.3 is 0 Å². The molecule has 0 aliphatic carbocycles. The van der Waals surface area contributed by atoms with Crippen molar-refractivity contribution in [2.75, 3.05) is 13.7 Å². The number of unbranched alkanes of at least 4 members (excludes halogenated alkanes) is 2. The van der Waals surface area contributed by atoms with E-state index in [1.807, 2.05) is 18.7 Å². The van der Waals surface area contributed by atoms with Crippen molar-refractivity contribution in [1.29, 1.82) is 0 Å². The molecule has 0 aliphatic rings. The first-order chi connectivity index (χ1) is 10.1. The number of methoxy groups -OCH3 is 1. The number of halogens is 1. The van der Waals surface area contributed by atoms with Gasteiger partial charge in [-0.25, -0.2) is 4.98 Å². The Kier molecular flexibility index (Phi) is 5.65. The number of hydrogen-bond donors (Lipinski definition) is 0. The Bertz CT molecular complexity index is 588. The first-order valence-electron chi connectivity index (χ1n) is 7.65. The van der Waals surface area contributed by atoms with Gasteiger partial charge in [0.1, 0.15) is 11.3 Å². The van der Waals surface area contributed by atoms with Gasteiger partial charge in [0.2, 0.25) is 0 Å². The molecule has 5 nitrogen and oxygen atoms in total. The van der Waals surface area contributed by atoms with Crippen molar-refractivity contribution in [3.05, 3.63) is 11.5 Å². The van der Waals surface area contributed by atoms with E-state index in [4.69, 9.17) is 21.3 Å². The molecule has 2 rings (SSSR count). The lowest BCUT2D eigenvalue weighted by Gasteiger charge is -2.11. The minimum Gasteiger partial charge on any atom is -0.385 e. The molecule has 0 saturated heterocycles. The smallest absolute Gasteiger partial charge is 0.158 e. The molecule has 21 heavy (non-hydrogen) atoms. The van der Waals surface area contributed by atoms with Gasteiger partial charge in [-0.05, 0) is 32.6 Å². The monoisotopic (exact) mass is 312 g/mol. The number of rotatable bonds is 8. The molecule has 0 N–H and O–H groups in total. The van der Waals surface area contributed by atoms with Crippen molar-refractivity contribution in [2.24, 2.45) is 7.05 Å². The van der Waals surface area contributed by atoms with Crippen LogP contribution in [0.4, 0.5) is 0 Å². The van der Waals surface area contributed by atoms with E-state index in [9.17, 15) is 0 Å². The van der Waals surface area contributed by atoms with Gasteiger partial charge in [0.15, 0.2) is 5.65 Å². The normalized spacial score (nSPS) is 13.2. The van der Waals surface area contributed by atoms with Crippen molar-refractivity contribution in [3.63, 3.8) is 0 Å². The van der Waals surface area contributed by atoms with Crippen molar-refractivity contribution < 1.29 is 4.74 Å². The van der Waals surface area contributed by atoms with Gasteiger partial charge in [0, 0.05) is 27.3 Å². The summed E-state index contributed by atoms with van der Waals surface area (Å²) in [5.41, 5.74) is 3.13. The Hall–Kier alpha value is -1.07. The Morgan fingerprint density at radius 2 is 2.05 bits per heavy atom. The summed E-state index contributed by atoms with van der Waals surface area (Å²) in [6.45, 7) is 5.83. The van der Waals surface area contributed by atoms with E-state index in [1.165, 1.54) is 0 Å². The van der Waals surface area contributed by atoms with Gasteiger partial charge in [-0.1, -0.05) is 6.92 Å². The van der Waals surface area contributed by atoms with Gasteiger partial charge in [-0.15, -0.1) is 11.6 Å². The molecule has 2 aromatic heterocycles. The number of imidazole rings is 1. The number of nitrogens with zero attached hydrogens (tertiary/aromatic N) is 4. The van der Waals surface area contributed by atoms with Crippen LogP contribution in [0.2, 0.25) is 0 Å². The maximum atomic E-state index is 6.31. The largest absolute Gasteiger partial charge is 0.385 e. The Labute approximate surface area is 131 Å². The summed E-state index contributed by atoms with van der Waals surface area (Å²) in [6.07, 6.45) is 4.21. The van der Waals surface area contributed by atoms with Gasteiger partial charge in [0.05, 0.1) is 11.1 Å². The number of fused-ring (bicyclic) bond motifs is 1. The predicted octanol–water partition coefficient (Wildman–Crippen LogP) is 3.45. The van der Waals surface area contributed by atoms with Crippen LogP contribution in [0.1, 0.15) is 50.0 Å². The van der Waals surface area contributed by atoms with Crippen molar-refractivity contribution in [2.45, 2.75) is 51.5 Å². The molecule has 0 spiro atoms. The zero-order chi connectivity index (χ0) is 15.4. The standard InChI is InChI=1S/C15H25ClN4O/c1-5-12-13-15(19(3)18-12)20(14(17-13)11(2)16)9-7-6-8-10-21-4/h11H,5-10H2,1-4H3. The van der Waals surface area contributed by atoms with Gasteiger partial charge in [-0.3, -0.25) is 4.68 Å². The number of aryl methyl sites for hydroxylation is 3. The molecule has 0 bridgehead atoms. The average molecular weight is 313 g/mol. The van der Waals surface area contributed by atoms with Crippen molar-refractivity contribution in [3.8, 4) is 0 Å². The van der Waals surface area contributed by atoms with Crippen LogP contribution in [-0.2, 0) is 24.8 Å². The molecule has 0 amide bonds. The van der Waals surface area contributed by atoms with E-state index in [0.717, 1.165) is 61.5 Å². The molecular weight excluding hydrogens is 288 g/mol. The molecule has 6 heteroatoms. The van der Waals surface area contributed by atoms with Crippen molar-refractivity contribution in [1.82, 2.24) is 19.3 Å². The molecule has 118 valence electrons. The summed E-state index contributed by atoms with van der Waals surface area (Å²) in [4.78, 5) is 4.74.